The molecule has 0 radical (unpaired) electrons. The standard InChI is InChI=1S/C28H24N2O7.CH4/c1-35-27(33)20-10-7-18(8-11-20)13-22(31)15-23-26(32)30(21-5-3-2-4-6-21)28(34)29(23)16-19-9-12-24-25(14-19)37-17-36-24;/h2-12,14,23H,13,15-17H2,1H3;1H4. The Labute approximate surface area is 220 Å². The fourth-order valence-electron chi connectivity index (χ4n) is 4.46. The van der Waals surface area contributed by atoms with Crippen molar-refractivity contribution in [1.29, 1.82) is 0 Å². The molecule has 3 amide bonds. The van der Waals surface area contributed by atoms with Crippen LogP contribution in [-0.4, -0.2) is 48.5 Å². The third-order valence-electron chi connectivity index (χ3n) is 6.32. The van der Waals surface area contributed by atoms with Gasteiger partial charge in [0.15, 0.2) is 11.5 Å². The molecule has 196 valence electrons. The molecule has 0 aromatic heterocycles. The van der Waals surface area contributed by atoms with Crippen LogP contribution >= 0.6 is 0 Å². The van der Waals surface area contributed by atoms with Gasteiger partial charge >= 0.3 is 12.0 Å². The summed E-state index contributed by atoms with van der Waals surface area (Å²) in [6.45, 7) is 0.246. The molecule has 1 fully saturated rings. The Hall–Kier alpha value is -4.66. The highest BCUT2D eigenvalue weighted by Crippen LogP contribution is 2.34. The van der Waals surface area contributed by atoms with E-state index >= 15 is 0 Å². The largest absolute Gasteiger partial charge is 0.465 e. The van der Waals surface area contributed by atoms with Gasteiger partial charge in [0.1, 0.15) is 11.8 Å². The van der Waals surface area contributed by atoms with Crippen LogP contribution in [0.25, 0.3) is 0 Å². The molecule has 9 nitrogen and oxygen atoms in total. The first-order valence-corrected chi connectivity index (χ1v) is 11.7. The van der Waals surface area contributed by atoms with Gasteiger partial charge in [-0.3, -0.25) is 9.59 Å². The lowest BCUT2D eigenvalue weighted by atomic mass is 10.0. The first-order chi connectivity index (χ1) is 17.9. The molecule has 2 aliphatic heterocycles. The van der Waals surface area contributed by atoms with Crippen molar-refractivity contribution in [3.8, 4) is 11.5 Å². The van der Waals surface area contributed by atoms with E-state index in [0.29, 0.717) is 28.3 Å². The van der Waals surface area contributed by atoms with Gasteiger partial charge < -0.3 is 19.1 Å². The number of ether oxygens (including phenoxy) is 3. The number of Topliss-reactive ketones (excluding diaryl/α,β-unsaturated/α-hetero) is 1. The number of methoxy groups -OCH3 is 1. The third kappa shape index (κ3) is 5.22. The minimum absolute atomic E-state index is 0. The number of nitrogens with zero attached hydrogens (tertiary/aromatic N) is 2. The van der Waals surface area contributed by atoms with Crippen molar-refractivity contribution in [2.45, 2.75) is 32.9 Å². The van der Waals surface area contributed by atoms with Gasteiger partial charge in [0.2, 0.25) is 6.79 Å². The quantitative estimate of drug-likeness (QED) is 0.323. The van der Waals surface area contributed by atoms with E-state index in [0.717, 1.165) is 10.5 Å². The van der Waals surface area contributed by atoms with Crippen LogP contribution in [0.4, 0.5) is 10.5 Å². The molecule has 0 N–H and O–H groups in total. The predicted octanol–water partition coefficient (Wildman–Crippen LogP) is 4.38. The Balaban J connectivity index is 0.00000336. The molecule has 1 saturated heterocycles. The molecular formula is C29H28N2O7. The zero-order chi connectivity index (χ0) is 25.9. The lowest BCUT2D eigenvalue weighted by molar-refractivity contribution is -0.125. The van der Waals surface area contributed by atoms with Crippen molar-refractivity contribution in [1.82, 2.24) is 4.90 Å². The maximum Gasteiger partial charge on any atom is 0.337 e. The summed E-state index contributed by atoms with van der Waals surface area (Å²) in [4.78, 5) is 54.2. The van der Waals surface area contributed by atoms with E-state index in [1.165, 1.54) is 12.0 Å². The summed E-state index contributed by atoms with van der Waals surface area (Å²) in [5, 5.41) is 0. The number of esters is 1. The Morgan fingerprint density at radius 2 is 1.61 bits per heavy atom. The topological polar surface area (TPSA) is 102 Å². The molecule has 5 rings (SSSR count). The van der Waals surface area contributed by atoms with Crippen molar-refractivity contribution in [2.24, 2.45) is 0 Å². The van der Waals surface area contributed by atoms with Crippen molar-refractivity contribution < 1.29 is 33.4 Å². The first kappa shape index (κ1) is 26.4. The molecule has 9 heteroatoms. The fraction of sp³-hybridized carbons (Fsp3) is 0.241. The second-order valence-electron chi connectivity index (χ2n) is 8.73. The Bertz CT molecular complexity index is 1360. The number of carbonyl (C=O) groups is 4. The average molecular weight is 517 g/mol. The minimum atomic E-state index is -0.958. The Morgan fingerprint density at radius 1 is 0.921 bits per heavy atom. The molecule has 2 aliphatic rings. The summed E-state index contributed by atoms with van der Waals surface area (Å²) in [6.07, 6.45) is -0.0835. The smallest absolute Gasteiger partial charge is 0.337 e. The highest BCUT2D eigenvalue weighted by molar-refractivity contribution is 6.22. The summed E-state index contributed by atoms with van der Waals surface area (Å²) < 4.78 is 15.5. The summed E-state index contributed by atoms with van der Waals surface area (Å²) in [6, 6.07) is 19.0. The molecule has 0 aliphatic carbocycles. The van der Waals surface area contributed by atoms with Crippen LogP contribution in [0, 0.1) is 0 Å². The highest BCUT2D eigenvalue weighted by atomic mass is 16.7. The Kier molecular flexibility index (Phi) is 7.76. The number of amides is 3. The van der Waals surface area contributed by atoms with E-state index < -0.39 is 23.9 Å². The molecule has 1 atom stereocenters. The van der Waals surface area contributed by atoms with Gasteiger partial charge in [-0.25, -0.2) is 14.5 Å². The van der Waals surface area contributed by atoms with Crippen molar-refractivity contribution in [3.05, 3.63) is 89.5 Å². The third-order valence-corrected chi connectivity index (χ3v) is 6.32. The zero-order valence-corrected chi connectivity index (χ0v) is 20.1. The monoisotopic (exact) mass is 516 g/mol. The van der Waals surface area contributed by atoms with Crippen molar-refractivity contribution >= 4 is 29.4 Å². The van der Waals surface area contributed by atoms with Crippen LogP contribution in [0.3, 0.4) is 0 Å². The first-order valence-electron chi connectivity index (χ1n) is 11.7. The number of ketones is 1. The van der Waals surface area contributed by atoms with Gasteiger partial charge in [0.05, 0.1) is 18.4 Å². The van der Waals surface area contributed by atoms with Crippen LogP contribution in [0.15, 0.2) is 72.8 Å². The normalized spacial score (nSPS) is 15.9. The van der Waals surface area contributed by atoms with E-state index in [1.54, 1.807) is 72.8 Å². The molecule has 38 heavy (non-hydrogen) atoms. The van der Waals surface area contributed by atoms with Crippen LogP contribution in [0.2, 0.25) is 0 Å². The highest BCUT2D eigenvalue weighted by Gasteiger charge is 2.46. The number of fused-ring (bicyclic) bond motifs is 1. The van der Waals surface area contributed by atoms with Crippen molar-refractivity contribution in [3.63, 3.8) is 0 Å². The average Bonchev–Trinajstić information content (AvgIpc) is 3.47. The molecule has 0 saturated carbocycles. The lowest BCUT2D eigenvalue weighted by Crippen LogP contribution is -2.36. The molecule has 0 bridgehead atoms. The summed E-state index contributed by atoms with van der Waals surface area (Å²) in [5.74, 6) is 0.0591. The number of hydrogen-bond donors (Lipinski definition) is 0. The van der Waals surface area contributed by atoms with E-state index in [2.05, 4.69) is 0 Å². The van der Waals surface area contributed by atoms with Crippen LogP contribution < -0.4 is 14.4 Å². The van der Waals surface area contributed by atoms with Crippen LogP contribution in [-0.2, 0) is 27.3 Å². The second kappa shape index (κ2) is 11.2. The van der Waals surface area contributed by atoms with Gasteiger partial charge in [-0.05, 0) is 47.5 Å². The van der Waals surface area contributed by atoms with Crippen LogP contribution in [0.5, 0.6) is 11.5 Å². The number of anilines is 1. The summed E-state index contributed by atoms with van der Waals surface area (Å²) in [5.41, 5.74) is 2.26. The van der Waals surface area contributed by atoms with Gasteiger partial charge in [0, 0.05) is 19.4 Å². The number of rotatable bonds is 8. The molecular weight excluding hydrogens is 488 g/mol. The zero-order valence-electron chi connectivity index (χ0n) is 20.1. The van der Waals surface area contributed by atoms with E-state index in [9.17, 15) is 19.2 Å². The number of benzene rings is 3. The van der Waals surface area contributed by atoms with E-state index in [1.807, 2.05) is 0 Å². The number of urea groups is 1. The molecule has 3 aromatic carbocycles. The van der Waals surface area contributed by atoms with Gasteiger partial charge in [-0.15, -0.1) is 0 Å². The Morgan fingerprint density at radius 3 is 2.32 bits per heavy atom. The maximum atomic E-state index is 13.5. The van der Waals surface area contributed by atoms with Crippen molar-refractivity contribution in [2.75, 3.05) is 18.8 Å². The minimum Gasteiger partial charge on any atom is -0.465 e. The summed E-state index contributed by atoms with van der Waals surface area (Å²) in [7, 11) is 1.30. The molecule has 1 unspecified atom stereocenters. The molecule has 2 heterocycles. The maximum absolute atomic E-state index is 13.5. The van der Waals surface area contributed by atoms with Gasteiger partial charge in [0.25, 0.3) is 5.91 Å². The fourth-order valence-corrected chi connectivity index (χ4v) is 4.46. The number of para-hydroxylation sites is 1. The summed E-state index contributed by atoms with van der Waals surface area (Å²) >= 11 is 0. The number of imide groups is 1. The second-order valence-corrected chi connectivity index (χ2v) is 8.73. The number of hydrogen-bond acceptors (Lipinski definition) is 7. The molecule has 3 aromatic rings. The van der Waals surface area contributed by atoms with Crippen LogP contribution in [0.1, 0.15) is 35.3 Å². The SMILES string of the molecule is C.COC(=O)c1ccc(CC(=O)CC2C(=O)N(c3ccccc3)C(=O)N2Cc2ccc3c(c2)OCO3)cc1. The van der Waals surface area contributed by atoms with Gasteiger partial charge in [-0.2, -0.15) is 0 Å². The van der Waals surface area contributed by atoms with E-state index in [4.69, 9.17) is 14.2 Å². The van der Waals surface area contributed by atoms with E-state index in [-0.39, 0.29) is 39.4 Å². The molecule has 0 spiro atoms. The van der Waals surface area contributed by atoms with Gasteiger partial charge in [-0.1, -0.05) is 43.8 Å². The number of carbonyl (C=O) groups excluding carboxylic acids is 4. The lowest BCUT2D eigenvalue weighted by Gasteiger charge is -2.21. The predicted molar refractivity (Wildman–Crippen MR) is 139 cm³/mol.